The van der Waals surface area contributed by atoms with Gasteiger partial charge >= 0.3 is 5.97 Å². The smallest absolute Gasteiger partial charge is 0.348 e. The third kappa shape index (κ3) is 1.52. The van der Waals surface area contributed by atoms with Gasteiger partial charge in [-0.25, -0.2) is 4.79 Å². The van der Waals surface area contributed by atoms with Gasteiger partial charge in [0.2, 0.25) is 6.10 Å². The Hall–Kier alpha value is -1.43. The molecular weight excluding hydrogens is 192 g/mol. The lowest BCUT2D eigenvalue weighted by molar-refractivity contribution is -0.148. The molecule has 1 aromatic heterocycles. The number of thiazole rings is 1. The molecule has 0 fully saturated rings. The molecule has 0 spiro atoms. The number of oxime groups is 1. The van der Waals surface area contributed by atoms with Crippen LogP contribution < -0.4 is 0 Å². The molecule has 5 nitrogen and oxygen atoms in total. The Kier molecular flexibility index (Phi) is 1.97. The number of carbonyl (C=O) groups is 1. The van der Waals surface area contributed by atoms with Crippen LogP contribution in [0.2, 0.25) is 0 Å². The van der Waals surface area contributed by atoms with Crippen molar-refractivity contribution in [3.05, 3.63) is 16.6 Å². The molecule has 1 aliphatic heterocycles. The summed E-state index contributed by atoms with van der Waals surface area (Å²) in [4.78, 5) is 20.0. The summed E-state index contributed by atoms with van der Waals surface area (Å²) in [5.74, 6) is -0.983. The summed E-state index contributed by atoms with van der Waals surface area (Å²) >= 11 is 1.42. The van der Waals surface area contributed by atoms with Gasteiger partial charge in [0.15, 0.2) is 0 Å². The van der Waals surface area contributed by atoms with Gasteiger partial charge in [0, 0.05) is 12.6 Å². The summed E-state index contributed by atoms with van der Waals surface area (Å²) in [5.41, 5.74) is 2.33. The molecule has 1 aromatic rings. The van der Waals surface area contributed by atoms with Gasteiger partial charge in [-0.15, -0.1) is 11.3 Å². The van der Waals surface area contributed by atoms with Gasteiger partial charge in [-0.3, -0.25) is 4.98 Å². The lowest BCUT2D eigenvalue weighted by Crippen LogP contribution is -2.19. The fourth-order valence-electron chi connectivity index (χ4n) is 1.01. The van der Waals surface area contributed by atoms with Crippen LogP contribution >= 0.6 is 11.3 Å². The molecule has 0 saturated heterocycles. The van der Waals surface area contributed by atoms with E-state index in [1.807, 2.05) is 0 Å². The fourth-order valence-corrected chi connectivity index (χ4v) is 1.63. The van der Waals surface area contributed by atoms with E-state index >= 15 is 0 Å². The third-order valence-corrected chi connectivity index (χ3v) is 2.48. The van der Waals surface area contributed by atoms with Crippen LogP contribution in [0.4, 0.5) is 0 Å². The number of carboxylic acids is 1. The maximum atomic E-state index is 10.5. The van der Waals surface area contributed by atoms with Crippen LogP contribution in [0.15, 0.2) is 16.9 Å². The van der Waals surface area contributed by atoms with Crippen molar-refractivity contribution < 1.29 is 14.7 Å². The molecular formula is C7H6N2O3S. The monoisotopic (exact) mass is 198 g/mol. The molecule has 0 bridgehead atoms. The Morgan fingerprint density at radius 1 is 1.77 bits per heavy atom. The quantitative estimate of drug-likeness (QED) is 0.760. The molecule has 0 aromatic carbocycles. The molecule has 1 N–H and O–H groups in total. The van der Waals surface area contributed by atoms with Crippen LogP contribution in [0.1, 0.15) is 11.3 Å². The number of carboxylic acid groups (broad SMARTS) is 1. The maximum absolute atomic E-state index is 10.5. The largest absolute Gasteiger partial charge is 0.478 e. The third-order valence-electron chi connectivity index (χ3n) is 1.66. The lowest BCUT2D eigenvalue weighted by atomic mass is 10.2. The predicted octanol–water partition coefficient (Wildman–Crippen LogP) is 0.721. The highest BCUT2D eigenvalue weighted by Crippen LogP contribution is 2.18. The van der Waals surface area contributed by atoms with Gasteiger partial charge in [0.25, 0.3) is 0 Å². The van der Waals surface area contributed by atoms with Gasteiger partial charge in [-0.05, 0) is 0 Å². The van der Waals surface area contributed by atoms with E-state index in [0.717, 1.165) is 4.88 Å². The molecule has 68 valence electrons. The van der Waals surface area contributed by atoms with Crippen LogP contribution in [-0.2, 0) is 9.63 Å². The van der Waals surface area contributed by atoms with Crippen molar-refractivity contribution in [2.45, 2.75) is 12.5 Å². The van der Waals surface area contributed by atoms with E-state index in [1.165, 1.54) is 11.3 Å². The average Bonchev–Trinajstić information content (AvgIpc) is 2.75. The van der Waals surface area contributed by atoms with Crippen molar-refractivity contribution in [2.24, 2.45) is 5.16 Å². The number of aromatic nitrogens is 1. The summed E-state index contributed by atoms with van der Waals surface area (Å²) in [6, 6.07) is 0. The molecule has 0 aliphatic carbocycles. The Morgan fingerprint density at radius 2 is 2.62 bits per heavy atom. The maximum Gasteiger partial charge on any atom is 0.348 e. The van der Waals surface area contributed by atoms with Crippen molar-refractivity contribution in [2.75, 3.05) is 0 Å². The van der Waals surface area contributed by atoms with Gasteiger partial charge in [0.1, 0.15) is 5.71 Å². The van der Waals surface area contributed by atoms with Crippen LogP contribution in [0, 0.1) is 0 Å². The Labute approximate surface area is 77.7 Å². The topological polar surface area (TPSA) is 71.8 Å². The van der Waals surface area contributed by atoms with Gasteiger partial charge in [-0.1, -0.05) is 5.16 Å². The molecule has 1 aliphatic rings. The first kappa shape index (κ1) is 8.18. The van der Waals surface area contributed by atoms with E-state index < -0.39 is 12.1 Å². The fraction of sp³-hybridized carbons (Fsp3) is 0.286. The van der Waals surface area contributed by atoms with Crippen molar-refractivity contribution in [1.82, 2.24) is 4.98 Å². The summed E-state index contributed by atoms with van der Waals surface area (Å²) in [6.45, 7) is 0. The Bertz CT molecular complexity index is 347. The van der Waals surface area contributed by atoms with E-state index in [0.29, 0.717) is 12.1 Å². The van der Waals surface area contributed by atoms with Gasteiger partial charge < -0.3 is 9.94 Å². The number of hydrogen-bond acceptors (Lipinski definition) is 5. The second-order valence-corrected chi connectivity index (χ2v) is 3.43. The number of nitrogens with zero attached hydrogens (tertiary/aromatic N) is 2. The van der Waals surface area contributed by atoms with Gasteiger partial charge in [0.05, 0.1) is 10.4 Å². The molecule has 0 radical (unpaired) electrons. The zero-order valence-electron chi connectivity index (χ0n) is 6.51. The summed E-state index contributed by atoms with van der Waals surface area (Å²) in [6.07, 6.45) is 1.13. The van der Waals surface area contributed by atoms with Crippen molar-refractivity contribution in [3.8, 4) is 0 Å². The van der Waals surface area contributed by atoms with Crippen LogP contribution in [-0.4, -0.2) is 27.9 Å². The first-order valence-corrected chi connectivity index (χ1v) is 4.49. The first-order valence-electron chi connectivity index (χ1n) is 3.61. The second kappa shape index (κ2) is 3.14. The minimum Gasteiger partial charge on any atom is -0.478 e. The van der Waals surface area contributed by atoms with Crippen molar-refractivity contribution >= 4 is 23.0 Å². The van der Waals surface area contributed by atoms with Crippen molar-refractivity contribution in [3.63, 3.8) is 0 Å². The summed E-state index contributed by atoms with van der Waals surface area (Å²) < 4.78 is 0. The minimum atomic E-state index is -0.983. The SMILES string of the molecule is O=C(O)C1CC(c2cncs2)=NO1. The highest BCUT2D eigenvalue weighted by atomic mass is 32.1. The normalized spacial score (nSPS) is 20.9. The van der Waals surface area contributed by atoms with Crippen LogP contribution in [0.3, 0.4) is 0 Å². The standard InChI is InChI=1S/C7H6N2O3S/c10-7(11)5-1-4(9-12-5)6-2-8-3-13-6/h2-3,5H,1H2,(H,10,11). The minimum absolute atomic E-state index is 0.317. The molecule has 2 rings (SSSR count). The van der Waals surface area contributed by atoms with Crippen LogP contribution in [0.25, 0.3) is 0 Å². The Morgan fingerprint density at radius 3 is 3.15 bits per heavy atom. The number of rotatable bonds is 2. The van der Waals surface area contributed by atoms with Crippen LogP contribution in [0.5, 0.6) is 0 Å². The highest BCUT2D eigenvalue weighted by molar-refractivity contribution is 7.11. The van der Waals surface area contributed by atoms with E-state index in [4.69, 9.17) is 9.94 Å². The van der Waals surface area contributed by atoms with Gasteiger partial charge in [-0.2, -0.15) is 0 Å². The molecule has 1 atom stereocenters. The molecule has 2 heterocycles. The molecule has 13 heavy (non-hydrogen) atoms. The molecule has 0 saturated carbocycles. The second-order valence-electron chi connectivity index (χ2n) is 2.54. The first-order chi connectivity index (χ1) is 6.27. The summed E-state index contributed by atoms with van der Waals surface area (Å²) in [7, 11) is 0. The predicted molar refractivity (Wildman–Crippen MR) is 45.8 cm³/mol. The van der Waals surface area contributed by atoms with Crippen molar-refractivity contribution in [1.29, 1.82) is 0 Å². The lowest BCUT2D eigenvalue weighted by Gasteiger charge is -1.98. The average molecular weight is 198 g/mol. The van der Waals surface area contributed by atoms with E-state index in [-0.39, 0.29) is 0 Å². The number of hydrogen-bond donors (Lipinski definition) is 1. The van der Waals surface area contributed by atoms with E-state index in [2.05, 4.69) is 10.1 Å². The Balaban J connectivity index is 2.10. The molecule has 0 amide bonds. The highest BCUT2D eigenvalue weighted by Gasteiger charge is 2.28. The van der Waals surface area contributed by atoms with E-state index in [1.54, 1.807) is 11.7 Å². The zero-order chi connectivity index (χ0) is 9.26. The van der Waals surface area contributed by atoms with E-state index in [9.17, 15) is 4.79 Å². The zero-order valence-corrected chi connectivity index (χ0v) is 7.32. The number of aliphatic carboxylic acids is 1. The molecule has 6 heteroatoms. The summed E-state index contributed by atoms with van der Waals surface area (Å²) in [5, 5.41) is 12.3. The molecule has 1 unspecified atom stereocenters.